The van der Waals surface area contributed by atoms with Crippen molar-refractivity contribution in [2.45, 2.75) is 13.5 Å². The van der Waals surface area contributed by atoms with Gasteiger partial charge in [0.05, 0.1) is 12.5 Å². The van der Waals surface area contributed by atoms with E-state index in [1.165, 1.54) is 6.26 Å². The summed E-state index contributed by atoms with van der Waals surface area (Å²) in [4.78, 5) is 13.9. The zero-order chi connectivity index (χ0) is 14.8. The number of carbonyl (C=O) groups is 1. The number of carbonyl (C=O) groups excluding carboxylic acids is 1. The lowest BCUT2D eigenvalue weighted by atomic mass is 10.2. The topological polar surface area (TPSA) is 72.6 Å². The monoisotopic (exact) mass is 286 g/mol. The van der Waals surface area contributed by atoms with Crippen molar-refractivity contribution in [3.8, 4) is 11.5 Å². The van der Waals surface area contributed by atoms with Crippen LogP contribution in [0.15, 0.2) is 50.1 Å². The summed E-state index contributed by atoms with van der Waals surface area (Å²) in [5, 5.41) is 3.80. The van der Waals surface area contributed by atoms with Gasteiger partial charge in [-0.1, -0.05) is 5.16 Å². The third kappa shape index (κ3) is 2.60. The number of amides is 1. The first-order valence-electron chi connectivity index (χ1n) is 6.44. The van der Waals surface area contributed by atoms with E-state index in [9.17, 15) is 4.79 Å². The van der Waals surface area contributed by atoms with Crippen LogP contribution in [0.1, 0.15) is 21.8 Å². The average Bonchev–Trinajstić information content (AvgIpc) is 3.18. The lowest BCUT2D eigenvalue weighted by Crippen LogP contribution is -2.26. The molecule has 3 aromatic heterocycles. The van der Waals surface area contributed by atoms with Crippen LogP contribution in [0.3, 0.4) is 0 Å². The second-order valence-electron chi connectivity index (χ2n) is 4.72. The molecule has 0 atom stereocenters. The van der Waals surface area contributed by atoms with Crippen molar-refractivity contribution in [3.63, 3.8) is 0 Å². The first-order chi connectivity index (χ1) is 10.1. The fourth-order valence-electron chi connectivity index (χ4n) is 2.01. The summed E-state index contributed by atoms with van der Waals surface area (Å²) in [7, 11) is 1.70. The number of aryl methyl sites for hydroxylation is 1. The van der Waals surface area contributed by atoms with Crippen molar-refractivity contribution < 1.29 is 18.2 Å². The summed E-state index contributed by atoms with van der Waals surface area (Å²) in [5.41, 5.74) is 1.20. The minimum atomic E-state index is -0.225. The van der Waals surface area contributed by atoms with Crippen LogP contribution < -0.4 is 0 Å². The molecule has 0 unspecified atom stereocenters. The summed E-state index contributed by atoms with van der Waals surface area (Å²) >= 11 is 0. The van der Waals surface area contributed by atoms with Crippen molar-refractivity contribution in [3.05, 3.63) is 53.8 Å². The van der Waals surface area contributed by atoms with Gasteiger partial charge in [-0.3, -0.25) is 4.79 Å². The average molecular weight is 286 g/mol. The molecule has 0 N–H and O–H groups in total. The van der Waals surface area contributed by atoms with E-state index in [1.54, 1.807) is 36.4 Å². The highest BCUT2D eigenvalue weighted by Crippen LogP contribution is 2.21. The zero-order valence-corrected chi connectivity index (χ0v) is 11.7. The standard InChI is InChI=1S/C15H14N2O4/c1-10-11(5-7-19-10)9-17(2)15(18)12-8-14(21-16-12)13-4-3-6-20-13/h3-8H,9H2,1-2H3. The van der Waals surface area contributed by atoms with E-state index in [1.807, 2.05) is 13.0 Å². The number of rotatable bonds is 4. The zero-order valence-electron chi connectivity index (χ0n) is 11.7. The lowest BCUT2D eigenvalue weighted by Gasteiger charge is -2.14. The van der Waals surface area contributed by atoms with Gasteiger partial charge in [0.15, 0.2) is 11.5 Å². The molecule has 0 aliphatic rings. The first kappa shape index (κ1) is 13.2. The van der Waals surface area contributed by atoms with Crippen LogP contribution in [0, 0.1) is 6.92 Å². The molecule has 0 bridgehead atoms. The maximum Gasteiger partial charge on any atom is 0.276 e. The molecule has 0 fully saturated rings. The summed E-state index contributed by atoms with van der Waals surface area (Å²) < 4.78 is 15.6. The van der Waals surface area contributed by atoms with E-state index >= 15 is 0 Å². The van der Waals surface area contributed by atoms with E-state index in [2.05, 4.69) is 5.16 Å². The second-order valence-corrected chi connectivity index (χ2v) is 4.72. The Bertz CT molecular complexity index is 739. The highest BCUT2D eigenvalue weighted by Gasteiger charge is 2.19. The van der Waals surface area contributed by atoms with Gasteiger partial charge in [0.2, 0.25) is 5.76 Å². The molecule has 3 rings (SSSR count). The minimum Gasteiger partial charge on any atom is -0.469 e. The molecule has 6 heteroatoms. The van der Waals surface area contributed by atoms with Gasteiger partial charge >= 0.3 is 0 Å². The first-order valence-corrected chi connectivity index (χ1v) is 6.44. The molecule has 3 aromatic rings. The number of furan rings is 2. The van der Waals surface area contributed by atoms with Crippen LogP contribution in [0.5, 0.6) is 0 Å². The Hall–Kier alpha value is -2.76. The van der Waals surface area contributed by atoms with E-state index in [0.717, 1.165) is 11.3 Å². The van der Waals surface area contributed by atoms with Gasteiger partial charge < -0.3 is 18.3 Å². The summed E-state index contributed by atoms with van der Waals surface area (Å²) in [6, 6.07) is 6.90. The summed E-state index contributed by atoms with van der Waals surface area (Å²) in [6.07, 6.45) is 3.14. The maximum atomic E-state index is 12.3. The Morgan fingerprint density at radius 2 is 2.10 bits per heavy atom. The summed E-state index contributed by atoms with van der Waals surface area (Å²) in [5.74, 6) is 1.54. The Balaban J connectivity index is 1.74. The van der Waals surface area contributed by atoms with Crippen molar-refractivity contribution in [1.82, 2.24) is 10.1 Å². The SMILES string of the molecule is Cc1occc1CN(C)C(=O)c1cc(-c2ccco2)on1. The third-order valence-corrected chi connectivity index (χ3v) is 3.21. The highest BCUT2D eigenvalue weighted by molar-refractivity contribution is 5.92. The van der Waals surface area contributed by atoms with Crippen LogP contribution in [-0.4, -0.2) is 23.0 Å². The largest absolute Gasteiger partial charge is 0.469 e. The van der Waals surface area contributed by atoms with Crippen LogP contribution in [0.25, 0.3) is 11.5 Å². The molecular formula is C15H14N2O4. The predicted octanol–water partition coefficient (Wildman–Crippen LogP) is 3.11. The fourth-order valence-corrected chi connectivity index (χ4v) is 2.01. The molecule has 0 aliphatic carbocycles. The number of nitrogens with zero attached hydrogens (tertiary/aromatic N) is 2. The van der Waals surface area contributed by atoms with E-state index in [-0.39, 0.29) is 11.6 Å². The second kappa shape index (κ2) is 5.32. The number of aromatic nitrogens is 1. The molecule has 0 spiro atoms. The van der Waals surface area contributed by atoms with E-state index < -0.39 is 0 Å². The van der Waals surface area contributed by atoms with Crippen molar-refractivity contribution >= 4 is 5.91 Å². The number of hydrogen-bond donors (Lipinski definition) is 0. The van der Waals surface area contributed by atoms with Crippen LogP contribution in [-0.2, 0) is 6.54 Å². The molecule has 0 saturated heterocycles. The van der Waals surface area contributed by atoms with Gasteiger partial charge in [-0.2, -0.15) is 0 Å². The quantitative estimate of drug-likeness (QED) is 0.736. The van der Waals surface area contributed by atoms with Gasteiger partial charge in [0.25, 0.3) is 5.91 Å². The lowest BCUT2D eigenvalue weighted by molar-refractivity contribution is 0.0774. The van der Waals surface area contributed by atoms with Crippen molar-refractivity contribution in [2.24, 2.45) is 0 Å². The highest BCUT2D eigenvalue weighted by atomic mass is 16.5. The molecule has 0 aromatic carbocycles. The molecule has 3 heterocycles. The van der Waals surface area contributed by atoms with E-state index in [4.69, 9.17) is 13.4 Å². The maximum absolute atomic E-state index is 12.3. The molecule has 21 heavy (non-hydrogen) atoms. The van der Waals surface area contributed by atoms with Crippen molar-refractivity contribution in [1.29, 1.82) is 0 Å². The van der Waals surface area contributed by atoms with Gasteiger partial charge in [0.1, 0.15) is 5.76 Å². The number of hydrogen-bond acceptors (Lipinski definition) is 5. The van der Waals surface area contributed by atoms with Crippen LogP contribution in [0.2, 0.25) is 0 Å². The fraction of sp³-hybridized carbons (Fsp3) is 0.200. The molecule has 6 nitrogen and oxygen atoms in total. The molecule has 108 valence electrons. The Kier molecular flexibility index (Phi) is 3.35. The summed E-state index contributed by atoms with van der Waals surface area (Å²) in [6.45, 7) is 2.31. The van der Waals surface area contributed by atoms with Crippen LogP contribution >= 0.6 is 0 Å². The normalized spacial score (nSPS) is 10.8. The van der Waals surface area contributed by atoms with Crippen LogP contribution in [0.4, 0.5) is 0 Å². The molecule has 1 amide bonds. The Morgan fingerprint density at radius 1 is 1.24 bits per heavy atom. The predicted molar refractivity (Wildman–Crippen MR) is 73.4 cm³/mol. The minimum absolute atomic E-state index is 0.225. The smallest absolute Gasteiger partial charge is 0.276 e. The van der Waals surface area contributed by atoms with Gasteiger partial charge in [-0.05, 0) is 25.1 Å². The molecule has 0 radical (unpaired) electrons. The molecule has 0 aliphatic heterocycles. The van der Waals surface area contributed by atoms with Gasteiger partial charge in [-0.25, -0.2) is 0 Å². The third-order valence-electron chi connectivity index (χ3n) is 3.21. The van der Waals surface area contributed by atoms with E-state index in [0.29, 0.717) is 18.1 Å². The van der Waals surface area contributed by atoms with Gasteiger partial charge in [0, 0.05) is 25.2 Å². The van der Waals surface area contributed by atoms with Crippen molar-refractivity contribution in [2.75, 3.05) is 7.05 Å². The van der Waals surface area contributed by atoms with Gasteiger partial charge in [-0.15, -0.1) is 0 Å². The Morgan fingerprint density at radius 3 is 2.76 bits per heavy atom. The molecule has 0 saturated carbocycles. The Labute approximate surface area is 120 Å². The molecular weight excluding hydrogens is 272 g/mol.